The van der Waals surface area contributed by atoms with Gasteiger partial charge in [-0.1, -0.05) is 12.1 Å². The summed E-state index contributed by atoms with van der Waals surface area (Å²) in [5.41, 5.74) is 6.46. The number of nitrogens with two attached hydrogens (primary N) is 1. The van der Waals surface area contributed by atoms with E-state index < -0.39 is 6.98 Å². The highest BCUT2D eigenvalue weighted by Crippen LogP contribution is 2.17. The monoisotopic (exact) mass is 215 g/mol. The van der Waals surface area contributed by atoms with Crippen LogP contribution in [0.2, 0.25) is 0 Å². The van der Waals surface area contributed by atoms with Crippen molar-refractivity contribution in [1.82, 2.24) is 4.98 Å². The van der Waals surface area contributed by atoms with Crippen molar-refractivity contribution in [3.8, 4) is 0 Å². The van der Waals surface area contributed by atoms with Gasteiger partial charge in [-0.2, -0.15) is 0 Å². The van der Waals surface area contributed by atoms with Gasteiger partial charge in [-0.3, -0.25) is 4.98 Å². The van der Waals surface area contributed by atoms with Gasteiger partial charge in [0, 0.05) is 12.2 Å². The molecule has 15 heavy (non-hydrogen) atoms. The molecule has 1 aromatic rings. The third-order valence-corrected chi connectivity index (χ3v) is 1.80. The Morgan fingerprint density at radius 1 is 1.47 bits per heavy atom. The summed E-state index contributed by atoms with van der Waals surface area (Å²) in [5, 5.41) is 0. The Labute approximate surface area is 86.1 Å². The van der Waals surface area contributed by atoms with Crippen LogP contribution in [0, 0.1) is 0 Å². The predicted molar refractivity (Wildman–Crippen MR) is 55.0 cm³/mol. The van der Waals surface area contributed by atoms with Crippen LogP contribution in [0.5, 0.6) is 0 Å². The second-order valence-corrected chi connectivity index (χ2v) is 3.25. The Kier molecular flexibility index (Phi) is 3.52. The van der Waals surface area contributed by atoms with Crippen LogP contribution in [0.1, 0.15) is 24.2 Å². The lowest BCUT2D eigenvalue weighted by Crippen LogP contribution is -2.11. The normalized spacial score (nSPS) is 14.5. The SMILES string of the molecule is CC(N)c1ncccc1/C=C/[B-](F)(F)F. The fraction of sp³-hybridized carbons (Fsp3) is 0.222. The number of rotatable bonds is 3. The maximum Gasteiger partial charge on any atom is 0.502 e. The van der Waals surface area contributed by atoms with Gasteiger partial charge in [0.05, 0.1) is 5.69 Å². The molecule has 0 fully saturated rings. The van der Waals surface area contributed by atoms with Crippen LogP contribution in [0.4, 0.5) is 12.9 Å². The van der Waals surface area contributed by atoms with Gasteiger partial charge in [-0.25, -0.2) is 0 Å². The van der Waals surface area contributed by atoms with Crippen LogP contribution in [0.3, 0.4) is 0 Å². The summed E-state index contributed by atoms with van der Waals surface area (Å²) < 4.78 is 36.0. The number of hydrogen-bond acceptors (Lipinski definition) is 2. The highest BCUT2D eigenvalue weighted by atomic mass is 19.4. The zero-order valence-corrected chi connectivity index (χ0v) is 8.20. The van der Waals surface area contributed by atoms with E-state index in [-0.39, 0.29) is 12.0 Å². The smallest absolute Gasteiger partial charge is 0.445 e. The molecule has 1 heterocycles. The van der Waals surface area contributed by atoms with Crippen LogP contribution >= 0.6 is 0 Å². The zero-order chi connectivity index (χ0) is 11.5. The molecule has 1 aromatic heterocycles. The average molecular weight is 215 g/mol. The molecular weight excluding hydrogens is 204 g/mol. The van der Waals surface area contributed by atoms with Gasteiger partial charge >= 0.3 is 6.98 Å². The van der Waals surface area contributed by atoms with E-state index in [1.54, 1.807) is 19.1 Å². The van der Waals surface area contributed by atoms with Gasteiger partial charge in [0.2, 0.25) is 0 Å². The largest absolute Gasteiger partial charge is 0.502 e. The maximum absolute atomic E-state index is 12.0. The molecule has 0 saturated carbocycles. The third-order valence-electron chi connectivity index (χ3n) is 1.80. The Hall–Kier alpha value is -1.30. The van der Waals surface area contributed by atoms with E-state index in [9.17, 15) is 12.9 Å². The Bertz CT molecular complexity index is 361. The number of nitrogens with zero attached hydrogens (tertiary/aromatic N) is 1. The fourth-order valence-electron chi connectivity index (χ4n) is 1.16. The first-order chi connectivity index (χ1) is 6.90. The van der Waals surface area contributed by atoms with E-state index in [1.807, 2.05) is 0 Å². The topological polar surface area (TPSA) is 38.9 Å². The van der Waals surface area contributed by atoms with Crippen molar-refractivity contribution < 1.29 is 12.9 Å². The summed E-state index contributed by atoms with van der Waals surface area (Å²) in [7, 11) is 0. The molecule has 1 unspecified atom stereocenters. The maximum atomic E-state index is 12.0. The van der Waals surface area contributed by atoms with Crippen LogP contribution in [0.25, 0.3) is 6.08 Å². The van der Waals surface area contributed by atoms with Crippen molar-refractivity contribution in [2.24, 2.45) is 5.73 Å². The summed E-state index contributed by atoms with van der Waals surface area (Å²) in [6.45, 7) is -3.24. The van der Waals surface area contributed by atoms with Crippen molar-refractivity contribution in [3.05, 3.63) is 35.6 Å². The number of aromatic nitrogens is 1. The Morgan fingerprint density at radius 2 is 2.13 bits per heavy atom. The minimum Gasteiger partial charge on any atom is -0.445 e. The van der Waals surface area contributed by atoms with Gasteiger partial charge < -0.3 is 18.7 Å². The highest BCUT2D eigenvalue weighted by molar-refractivity contribution is 6.64. The van der Waals surface area contributed by atoms with Crippen LogP contribution in [-0.4, -0.2) is 12.0 Å². The van der Waals surface area contributed by atoms with E-state index in [4.69, 9.17) is 5.73 Å². The van der Waals surface area contributed by atoms with Gasteiger partial charge in [-0.15, -0.1) is 5.98 Å². The molecule has 0 bridgehead atoms. The lowest BCUT2D eigenvalue weighted by Gasteiger charge is -2.10. The van der Waals surface area contributed by atoms with Crippen LogP contribution in [0.15, 0.2) is 24.3 Å². The predicted octanol–water partition coefficient (Wildman–Crippen LogP) is 2.50. The van der Waals surface area contributed by atoms with Crippen molar-refractivity contribution in [3.63, 3.8) is 0 Å². The Balaban J connectivity index is 2.99. The van der Waals surface area contributed by atoms with Gasteiger partial charge in [0.15, 0.2) is 0 Å². The van der Waals surface area contributed by atoms with E-state index in [0.29, 0.717) is 11.3 Å². The van der Waals surface area contributed by atoms with Gasteiger partial charge in [0.1, 0.15) is 0 Å². The molecule has 0 spiro atoms. The number of pyridine rings is 1. The summed E-state index contributed by atoms with van der Waals surface area (Å²) in [4.78, 5) is 3.94. The first kappa shape index (κ1) is 11.8. The van der Waals surface area contributed by atoms with Gasteiger partial charge in [0.25, 0.3) is 0 Å². The summed E-state index contributed by atoms with van der Waals surface area (Å²) in [6, 6.07) is 2.76. The quantitative estimate of drug-likeness (QED) is 0.786. The van der Waals surface area contributed by atoms with E-state index in [2.05, 4.69) is 4.98 Å². The number of hydrogen-bond donors (Lipinski definition) is 1. The minimum absolute atomic E-state index is 0.239. The number of halogens is 3. The fourth-order valence-corrected chi connectivity index (χ4v) is 1.16. The third kappa shape index (κ3) is 3.75. The second kappa shape index (κ2) is 4.48. The first-order valence-electron chi connectivity index (χ1n) is 4.50. The van der Waals surface area contributed by atoms with Crippen LogP contribution < -0.4 is 5.73 Å². The van der Waals surface area contributed by atoms with Crippen molar-refractivity contribution >= 4 is 13.1 Å². The van der Waals surface area contributed by atoms with Crippen LogP contribution in [-0.2, 0) is 0 Å². The molecular formula is C9H11BF3N2-. The molecule has 1 rings (SSSR count). The molecule has 0 saturated heterocycles. The average Bonchev–Trinajstić information content (AvgIpc) is 2.14. The molecule has 1 atom stereocenters. The summed E-state index contributed by atoms with van der Waals surface area (Å²) in [5.74, 6) is 0.239. The molecule has 0 aliphatic carbocycles. The summed E-state index contributed by atoms with van der Waals surface area (Å²) in [6.07, 6.45) is 2.51. The molecule has 0 amide bonds. The van der Waals surface area contributed by atoms with E-state index in [0.717, 1.165) is 6.08 Å². The standard InChI is InChI=1S/C9H11BF3N2/c1-7(14)9-8(3-2-6-15-9)4-5-10(11,12)13/h2-7H,14H2,1H3/q-1/b5-4+. The summed E-state index contributed by atoms with van der Waals surface area (Å²) >= 11 is 0. The molecule has 0 aliphatic rings. The second-order valence-electron chi connectivity index (χ2n) is 3.25. The lowest BCUT2D eigenvalue weighted by molar-refractivity contribution is 0.499. The van der Waals surface area contributed by atoms with E-state index >= 15 is 0 Å². The minimum atomic E-state index is -4.91. The van der Waals surface area contributed by atoms with Crippen molar-refractivity contribution in [2.45, 2.75) is 13.0 Å². The molecule has 6 heteroatoms. The zero-order valence-electron chi connectivity index (χ0n) is 8.20. The molecule has 2 nitrogen and oxygen atoms in total. The molecule has 0 radical (unpaired) electrons. The van der Waals surface area contributed by atoms with E-state index in [1.165, 1.54) is 6.20 Å². The van der Waals surface area contributed by atoms with Crippen molar-refractivity contribution in [1.29, 1.82) is 0 Å². The molecule has 0 aliphatic heterocycles. The molecule has 82 valence electrons. The lowest BCUT2D eigenvalue weighted by atomic mass is 9.90. The van der Waals surface area contributed by atoms with Crippen molar-refractivity contribution in [2.75, 3.05) is 0 Å². The molecule has 2 N–H and O–H groups in total. The first-order valence-corrected chi connectivity index (χ1v) is 4.50. The van der Waals surface area contributed by atoms with Gasteiger partial charge in [-0.05, 0) is 18.6 Å². The Morgan fingerprint density at radius 3 is 2.67 bits per heavy atom. The molecule has 0 aromatic carbocycles. The highest BCUT2D eigenvalue weighted by Gasteiger charge is 2.17.